The second-order valence-electron chi connectivity index (χ2n) is 5.17. The summed E-state index contributed by atoms with van der Waals surface area (Å²) in [4.78, 5) is 30.8. The monoisotopic (exact) mass is 316 g/mol. The van der Waals surface area contributed by atoms with Crippen molar-refractivity contribution in [1.82, 2.24) is 4.90 Å². The van der Waals surface area contributed by atoms with Crippen LogP contribution >= 0.6 is 11.8 Å². The fraction of sp³-hybridized carbons (Fsp3) is 0.312. The molecule has 1 aromatic rings. The lowest BCUT2D eigenvalue weighted by molar-refractivity contribution is -0.137. The molecular formula is C16H16N2O3S. The molecule has 3 rings (SSSR count). The first-order valence-corrected chi connectivity index (χ1v) is 7.85. The summed E-state index contributed by atoms with van der Waals surface area (Å²) in [5, 5.41) is 0.450. The number of carbonyl (C=O) groups is 2. The summed E-state index contributed by atoms with van der Waals surface area (Å²) in [6.45, 7) is 3.63. The molecule has 22 heavy (non-hydrogen) atoms. The first-order valence-electron chi connectivity index (χ1n) is 6.97. The number of fused-ring (bicyclic) bond motifs is 1. The van der Waals surface area contributed by atoms with Crippen molar-refractivity contribution >= 4 is 28.8 Å². The third-order valence-electron chi connectivity index (χ3n) is 3.78. The largest absolute Gasteiger partial charge is 0.466 e. The molecule has 0 aromatic heterocycles. The smallest absolute Gasteiger partial charge is 0.338 e. The minimum absolute atomic E-state index is 0.0356. The zero-order chi connectivity index (χ0) is 15.9. The third-order valence-corrected chi connectivity index (χ3v) is 4.83. The van der Waals surface area contributed by atoms with E-state index in [1.807, 2.05) is 37.3 Å². The molecule has 0 bridgehead atoms. The number of allylic oxidation sites excluding steroid dienone is 1. The van der Waals surface area contributed by atoms with E-state index >= 15 is 0 Å². The van der Waals surface area contributed by atoms with E-state index in [-0.39, 0.29) is 11.2 Å². The summed E-state index contributed by atoms with van der Waals surface area (Å²) in [5.41, 5.74) is 1.89. The van der Waals surface area contributed by atoms with Crippen molar-refractivity contribution in [2.45, 2.75) is 25.1 Å². The third kappa shape index (κ3) is 2.23. The Balaban J connectivity index is 2.18. The van der Waals surface area contributed by atoms with E-state index < -0.39 is 12.0 Å². The van der Waals surface area contributed by atoms with Gasteiger partial charge in [-0.15, -0.1) is 0 Å². The Bertz CT molecular complexity index is 697. The van der Waals surface area contributed by atoms with Gasteiger partial charge in [-0.1, -0.05) is 42.1 Å². The highest BCUT2D eigenvalue weighted by molar-refractivity contribution is 8.15. The molecule has 2 aliphatic heterocycles. The molecule has 0 saturated carbocycles. The van der Waals surface area contributed by atoms with E-state index in [9.17, 15) is 9.59 Å². The molecule has 5 nitrogen and oxygen atoms in total. The summed E-state index contributed by atoms with van der Waals surface area (Å²) >= 11 is 1.42. The van der Waals surface area contributed by atoms with Crippen molar-refractivity contribution in [3.8, 4) is 0 Å². The van der Waals surface area contributed by atoms with E-state index in [1.54, 1.807) is 11.8 Å². The van der Waals surface area contributed by atoms with Gasteiger partial charge in [0.2, 0.25) is 5.91 Å². The molecule has 2 atom stereocenters. The maximum absolute atomic E-state index is 12.5. The minimum Gasteiger partial charge on any atom is -0.466 e. The Kier molecular flexibility index (Phi) is 3.78. The number of aliphatic imine (C=N–C) groups is 1. The molecule has 0 N–H and O–H groups in total. The predicted molar refractivity (Wildman–Crippen MR) is 85.2 cm³/mol. The minimum atomic E-state index is -0.480. The predicted octanol–water partition coefficient (Wildman–Crippen LogP) is 2.51. The number of benzene rings is 1. The fourth-order valence-electron chi connectivity index (χ4n) is 2.72. The first kappa shape index (κ1) is 14.8. The van der Waals surface area contributed by atoms with Crippen LogP contribution in [0.2, 0.25) is 0 Å². The van der Waals surface area contributed by atoms with Crippen LogP contribution in [0, 0.1) is 0 Å². The van der Waals surface area contributed by atoms with E-state index in [0.29, 0.717) is 16.4 Å². The van der Waals surface area contributed by atoms with Crippen LogP contribution < -0.4 is 0 Å². The molecule has 1 amide bonds. The van der Waals surface area contributed by atoms with Crippen LogP contribution in [0.1, 0.15) is 25.5 Å². The maximum atomic E-state index is 12.5. The van der Waals surface area contributed by atoms with Gasteiger partial charge >= 0.3 is 5.97 Å². The normalized spacial score (nSPS) is 24.2. The second-order valence-corrected chi connectivity index (χ2v) is 6.47. The summed E-state index contributed by atoms with van der Waals surface area (Å²) in [6, 6.07) is 9.02. The molecule has 0 spiro atoms. The van der Waals surface area contributed by atoms with E-state index in [0.717, 1.165) is 5.56 Å². The number of ether oxygens (including phenoxy) is 1. The van der Waals surface area contributed by atoms with Crippen LogP contribution in [0.4, 0.5) is 0 Å². The van der Waals surface area contributed by atoms with E-state index in [1.165, 1.54) is 18.9 Å². The zero-order valence-electron chi connectivity index (χ0n) is 12.6. The van der Waals surface area contributed by atoms with Crippen LogP contribution in [0.15, 0.2) is 46.6 Å². The van der Waals surface area contributed by atoms with Crippen molar-refractivity contribution in [1.29, 1.82) is 0 Å². The van der Waals surface area contributed by atoms with E-state index in [4.69, 9.17) is 4.74 Å². The van der Waals surface area contributed by atoms with Gasteiger partial charge in [0.25, 0.3) is 0 Å². The molecule has 6 heteroatoms. The lowest BCUT2D eigenvalue weighted by atomic mass is 9.94. The number of carbonyl (C=O) groups excluding carboxylic acids is 2. The van der Waals surface area contributed by atoms with E-state index in [2.05, 4.69) is 4.99 Å². The van der Waals surface area contributed by atoms with Crippen LogP contribution in [0.5, 0.6) is 0 Å². The quantitative estimate of drug-likeness (QED) is 0.787. The van der Waals surface area contributed by atoms with Gasteiger partial charge in [0, 0.05) is 0 Å². The van der Waals surface area contributed by atoms with Gasteiger partial charge in [-0.2, -0.15) is 0 Å². The first-order chi connectivity index (χ1) is 10.5. The molecule has 1 aromatic carbocycles. The summed E-state index contributed by atoms with van der Waals surface area (Å²) < 4.78 is 4.91. The Morgan fingerprint density at radius 3 is 2.64 bits per heavy atom. The van der Waals surface area contributed by atoms with Crippen molar-refractivity contribution in [3.05, 3.63) is 47.2 Å². The van der Waals surface area contributed by atoms with Crippen molar-refractivity contribution in [2.24, 2.45) is 4.99 Å². The highest BCUT2D eigenvalue weighted by Gasteiger charge is 2.46. The zero-order valence-corrected chi connectivity index (χ0v) is 13.4. The summed E-state index contributed by atoms with van der Waals surface area (Å²) in [5.74, 6) is -0.488. The average Bonchev–Trinajstić information content (AvgIpc) is 2.80. The Hall–Kier alpha value is -2.08. The molecular weight excluding hydrogens is 300 g/mol. The van der Waals surface area contributed by atoms with Crippen molar-refractivity contribution in [3.63, 3.8) is 0 Å². The van der Waals surface area contributed by atoms with Gasteiger partial charge in [0.1, 0.15) is 0 Å². The molecule has 1 fully saturated rings. The number of methoxy groups -OCH3 is 1. The highest BCUT2D eigenvalue weighted by atomic mass is 32.2. The maximum Gasteiger partial charge on any atom is 0.338 e. The van der Waals surface area contributed by atoms with Gasteiger partial charge in [-0.3, -0.25) is 9.69 Å². The molecule has 0 radical (unpaired) electrons. The number of amides is 1. The van der Waals surface area contributed by atoms with Gasteiger partial charge in [0.15, 0.2) is 5.17 Å². The van der Waals surface area contributed by atoms with Gasteiger partial charge < -0.3 is 4.74 Å². The number of amidine groups is 1. The van der Waals surface area contributed by atoms with Gasteiger partial charge in [-0.05, 0) is 19.4 Å². The van der Waals surface area contributed by atoms with Gasteiger partial charge in [-0.25, -0.2) is 9.79 Å². The molecule has 0 aliphatic carbocycles. The standard InChI is InChI=1S/C16H16N2O3S/c1-9-12(15(20)21-3)13(11-7-5-4-6-8-11)18-14(19)10(2)22-16(18)17-9/h4-8,10,13H,1-3H3/t10-,13-/m0/s1. The number of esters is 1. The number of thioether (sulfide) groups is 1. The Morgan fingerprint density at radius 2 is 2.00 bits per heavy atom. The second kappa shape index (κ2) is 5.61. The topological polar surface area (TPSA) is 59.0 Å². The van der Waals surface area contributed by atoms with Crippen molar-refractivity contribution < 1.29 is 14.3 Å². The molecule has 1 saturated heterocycles. The average molecular weight is 316 g/mol. The molecule has 2 heterocycles. The van der Waals surface area contributed by atoms with Crippen LogP contribution in [0.25, 0.3) is 0 Å². The highest BCUT2D eigenvalue weighted by Crippen LogP contribution is 2.42. The molecule has 2 aliphatic rings. The molecule has 114 valence electrons. The van der Waals surface area contributed by atoms with Crippen molar-refractivity contribution in [2.75, 3.05) is 7.11 Å². The lowest BCUT2D eigenvalue weighted by Gasteiger charge is -2.32. The van der Waals surface area contributed by atoms with Crippen LogP contribution in [0.3, 0.4) is 0 Å². The number of hydrogen-bond donors (Lipinski definition) is 0. The molecule has 0 unspecified atom stereocenters. The fourth-order valence-corrected chi connectivity index (χ4v) is 3.75. The van der Waals surface area contributed by atoms with Crippen LogP contribution in [-0.4, -0.2) is 34.3 Å². The Labute approximate surface area is 133 Å². The lowest BCUT2D eigenvalue weighted by Crippen LogP contribution is -2.40. The number of rotatable bonds is 2. The van der Waals surface area contributed by atoms with Gasteiger partial charge in [0.05, 0.1) is 29.7 Å². The Morgan fingerprint density at radius 1 is 1.32 bits per heavy atom. The van der Waals surface area contributed by atoms with Crippen LogP contribution in [-0.2, 0) is 14.3 Å². The summed E-state index contributed by atoms with van der Waals surface area (Å²) in [7, 11) is 1.34. The summed E-state index contributed by atoms with van der Waals surface area (Å²) in [6.07, 6.45) is 0. The SMILES string of the molecule is COC(=O)C1=C(C)N=C2S[C@@H](C)C(=O)N2[C@H]1c1ccccc1. The number of hydrogen-bond acceptors (Lipinski definition) is 5. The number of nitrogens with zero attached hydrogens (tertiary/aromatic N) is 2.